The van der Waals surface area contributed by atoms with Crippen LogP contribution in [0.25, 0.3) is 21.5 Å². The molecule has 2 aromatic heterocycles. The van der Waals surface area contributed by atoms with Gasteiger partial charge in [0, 0.05) is 10.9 Å². The zero-order valence-electron chi connectivity index (χ0n) is 16.2. The second kappa shape index (κ2) is 8.21. The molecule has 0 fully saturated rings. The van der Waals surface area contributed by atoms with Gasteiger partial charge in [-0.25, -0.2) is 19.6 Å². The van der Waals surface area contributed by atoms with Gasteiger partial charge in [0.05, 0.1) is 24.0 Å². The predicted octanol–water partition coefficient (Wildman–Crippen LogP) is 4.54. The molecule has 0 unspecified atom stereocenters. The maximum Gasteiger partial charge on any atom is 0.410 e. The van der Waals surface area contributed by atoms with Gasteiger partial charge in [0.2, 0.25) is 0 Å². The van der Waals surface area contributed by atoms with E-state index < -0.39 is 17.8 Å². The van der Waals surface area contributed by atoms with Crippen molar-refractivity contribution in [3.05, 3.63) is 22.5 Å². The first-order valence-electron chi connectivity index (χ1n) is 8.55. The fourth-order valence-corrected chi connectivity index (χ4v) is 4.20. The molecule has 29 heavy (non-hydrogen) atoms. The summed E-state index contributed by atoms with van der Waals surface area (Å²) in [7, 11) is 1.53. The Morgan fingerprint density at radius 2 is 2.00 bits per heavy atom. The molecule has 3 aromatic rings. The maximum atomic E-state index is 11.8. The lowest BCUT2D eigenvalue weighted by atomic mass is 10.1. The van der Waals surface area contributed by atoms with E-state index in [-0.39, 0.29) is 11.7 Å². The van der Waals surface area contributed by atoms with Gasteiger partial charge in [0.15, 0.2) is 5.13 Å². The van der Waals surface area contributed by atoms with Gasteiger partial charge in [-0.05, 0) is 32.9 Å². The lowest BCUT2D eigenvalue weighted by Crippen LogP contribution is -2.32. The highest BCUT2D eigenvalue weighted by molar-refractivity contribution is 7.23. The molecule has 2 heterocycles. The first-order valence-corrected chi connectivity index (χ1v) is 10.2. The van der Waals surface area contributed by atoms with Crippen LogP contribution in [0.15, 0.2) is 17.5 Å². The number of rotatable bonds is 5. The van der Waals surface area contributed by atoms with E-state index in [1.807, 2.05) is 11.4 Å². The molecule has 3 rings (SSSR count). The molecule has 154 valence electrons. The second-order valence-corrected chi connectivity index (χ2v) is 8.87. The number of carboxylic acid groups (broad SMARTS) is 1. The lowest BCUT2D eigenvalue weighted by molar-refractivity contribution is 0.0523. The van der Waals surface area contributed by atoms with E-state index in [1.165, 1.54) is 29.8 Å². The monoisotopic (exact) mass is 436 g/mol. The molecule has 2 amide bonds. The number of alkyl carbamates (subject to hydrolysis) is 1. The number of nitrogens with one attached hydrogen (secondary N) is 2. The first-order chi connectivity index (χ1) is 13.7. The number of methoxy groups -OCH3 is 1. The summed E-state index contributed by atoms with van der Waals surface area (Å²) in [4.78, 5) is 31.6. The standard InChI is InChI=1S/C18H20N4O5S2/c1-18(2,3)27-17(25)19-7-12-20-10(8-28-12)9-5-6-11(26-4)13-14(9)29-15(21-13)22-16(23)24/h5-6,8H,7H2,1-4H3,(H,19,25)(H,21,22)(H,23,24). The van der Waals surface area contributed by atoms with E-state index in [2.05, 4.69) is 20.6 Å². The third-order valence-electron chi connectivity index (χ3n) is 3.55. The summed E-state index contributed by atoms with van der Waals surface area (Å²) >= 11 is 2.60. The Balaban J connectivity index is 1.85. The van der Waals surface area contributed by atoms with Crippen molar-refractivity contribution >= 4 is 50.2 Å². The Bertz CT molecular complexity index is 1050. The number of anilines is 1. The predicted molar refractivity (Wildman–Crippen MR) is 112 cm³/mol. The van der Waals surface area contributed by atoms with Crippen LogP contribution in [0.3, 0.4) is 0 Å². The highest BCUT2D eigenvalue weighted by Gasteiger charge is 2.18. The zero-order valence-corrected chi connectivity index (χ0v) is 17.9. The van der Waals surface area contributed by atoms with Crippen molar-refractivity contribution in [1.82, 2.24) is 15.3 Å². The van der Waals surface area contributed by atoms with E-state index >= 15 is 0 Å². The highest BCUT2D eigenvalue weighted by Crippen LogP contribution is 2.39. The van der Waals surface area contributed by atoms with Crippen molar-refractivity contribution in [2.45, 2.75) is 32.9 Å². The molecule has 0 spiro atoms. The zero-order chi connectivity index (χ0) is 21.2. The number of ether oxygens (including phenoxy) is 2. The van der Waals surface area contributed by atoms with Gasteiger partial charge in [-0.15, -0.1) is 11.3 Å². The average Bonchev–Trinajstić information content (AvgIpc) is 3.23. The molecule has 11 heteroatoms. The summed E-state index contributed by atoms with van der Waals surface area (Å²) in [6, 6.07) is 3.62. The molecular formula is C18H20N4O5S2. The number of hydrogen-bond acceptors (Lipinski definition) is 8. The Morgan fingerprint density at radius 3 is 2.66 bits per heavy atom. The van der Waals surface area contributed by atoms with Crippen LogP contribution in [-0.4, -0.2) is 40.0 Å². The fraction of sp³-hybridized carbons (Fsp3) is 0.333. The SMILES string of the molecule is COc1ccc(-c2csc(CNC(=O)OC(C)(C)C)n2)c2sc(NC(=O)O)nc12. The number of aromatic nitrogens is 2. The Kier molecular flexibility index (Phi) is 5.89. The molecule has 0 radical (unpaired) electrons. The van der Waals surface area contributed by atoms with Gasteiger partial charge < -0.3 is 19.9 Å². The third-order valence-corrected chi connectivity index (χ3v) is 5.40. The number of amides is 2. The van der Waals surface area contributed by atoms with E-state index in [0.717, 1.165) is 10.3 Å². The summed E-state index contributed by atoms with van der Waals surface area (Å²) in [6.45, 7) is 5.63. The van der Waals surface area contributed by atoms with E-state index in [0.29, 0.717) is 22.0 Å². The minimum absolute atomic E-state index is 0.243. The van der Waals surface area contributed by atoms with Gasteiger partial charge in [-0.1, -0.05) is 11.3 Å². The van der Waals surface area contributed by atoms with Crippen molar-refractivity contribution in [3.63, 3.8) is 0 Å². The Labute approximate surface area is 174 Å². The minimum atomic E-state index is -1.19. The van der Waals surface area contributed by atoms with Crippen LogP contribution in [0.4, 0.5) is 14.7 Å². The number of carbonyl (C=O) groups is 2. The van der Waals surface area contributed by atoms with Crippen LogP contribution in [0.5, 0.6) is 5.75 Å². The summed E-state index contributed by atoms with van der Waals surface area (Å²) < 4.78 is 11.3. The number of nitrogens with zero attached hydrogens (tertiary/aromatic N) is 2. The van der Waals surface area contributed by atoms with Crippen molar-refractivity contribution < 1.29 is 24.2 Å². The van der Waals surface area contributed by atoms with Gasteiger partial charge in [0.25, 0.3) is 0 Å². The third kappa shape index (κ3) is 5.12. The normalized spacial score (nSPS) is 11.3. The number of thiazole rings is 2. The highest BCUT2D eigenvalue weighted by atomic mass is 32.1. The van der Waals surface area contributed by atoms with Crippen LogP contribution >= 0.6 is 22.7 Å². The molecule has 0 atom stereocenters. The summed E-state index contributed by atoms with van der Waals surface area (Å²) in [5, 5.41) is 16.7. The largest absolute Gasteiger partial charge is 0.494 e. The lowest BCUT2D eigenvalue weighted by Gasteiger charge is -2.19. The van der Waals surface area contributed by atoms with Crippen LogP contribution in [-0.2, 0) is 11.3 Å². The Morgan fingerprint density at radius 1 is 1.24 bits per heavy atom. The van der Waals surface area contributed by atoms with E-state index in [1.54, 1.807) is 26.8 Å². The van der Waals surface area contributed by atoms with E-state index in [9.17, 15) is 9.59 Å². The summed E-state index contributed by atoms with van der Waals surface area (Å²) in [6.07, 6.45) is -1.69. The van der Waals surface area contributed by atoms with Crippen LogP contribution in [0.1, 0.15) is 25.8 Å². The molecule has 0 aliphatic heterocycles. The minimum Gasteiger partial charge on any atom is -0.494 e. The van der Waals surface area contributed by atoms with E-state index in [4.69, 9.17) is 14.6 Å². The smallest absolute Gasteiger partial charge is 0.410 e. The fourth-order valence-electron chi connectivity index (χ4n) is 2.47. The molecule has 9 nitrogen and oxygen atoms in total. The van der Waals surface area contributed by atoms with Crippen LogP contribution in [0, 0.1) is 0 Å². The number of fused-ring (bicyclic) bond motifs is 1. The number of benzene rings is 1. The van der Waals surface area contributed by atoms with Gasteiger partial charge in [-0.3, -0.25) is 5.32 Å². The van der Waals surface area contributed by atoms with Gasteiger partial charge in [0.1, 0.15) is 21.9 Å². The number of carbonyl (C=O) groups excluding carboxylic acids is 1. The van der Waals surface area contributed by atoms with Gasteiger partial charge >= 0.3 is 12.2 Å². The first kappa shape index (κ1) is 20.8. The van der Waals surface area contributed by atoms with Crippen molar-refractivity contribution in [3.8, 4) is 17.0 Å². The van der Waals surface area contributed by atoms with Crippen LogP contribution < -0.4 is 15.4 Å². The molecule has 3 N–H and O–H groups in total. The average molecular weight is 437 g/mol. The van der Waals surface area contributed by atoms with Crippen molar-refractivity contribution in [1.29, 1.82) is 0 Å². The van der Waals surface area contributed by atoms with Crippen molar-refractivity contribution in [2.75, 3.05) is 12.4 Å². The van der Waals surface area contributed by atoms with Crippen molar-refractivity contribution in [2.24, 2.45) is 0 Å². The maximum absolute atomic E-state index is 11.8. The van der Waals surface area contributed by atoms with Gasteiger partial charge in [-0.2, -0.15) is 0 Å². The molecule has 0 saturated heterocycles. The molecule has 0 aliphatic carbocycles. The number of hydrogen-bond donors (Lipinski definition) is 3. The van der Waals surface area contributed by atoms with Crippen LogP contribution in [0.2, 0.25) is 0 Å². The molecular weight excluding hydrogens is 416 g/mol. The Hall–Kier alpha value is -2.92. The summed E-state index contributed by atoms with van der Waals surface area (Å²) in [5.74, 6) is 0.542. The molecule has 1 aromatic carbocycles. The topological polar surface area (TPSA) is 123 Å². The second-order valence-electron chi connectivity index (χ2n) is 6.92. The quantitative estimate of drug-likeness (QED) is 0.536. The molecule has 0 aliphatic rings. The molecule has 0 bridgehead atoms. The molecule has 0 saturated carbocycles. The summed E-state index contributed by atoms with van der Waals surface area (Å²) in [5.41, 5.74) is 1.49.